The van der Waals surface area contributed by atoms with Crippen LogP contribution in [-0.4, -0.2) is 44.7 Å². The van der Waals surface area contributed by atoms with E-state index in [9.17, 15) is 9.59 Å². The number of anilines is 1. The molecular formula is C21H21N3O5S. The zero-order valence-electron chi connectivity index (χ0n) is 16.7. The van der Waals surface area contributed by atoms with E-state index in [0.717, 1.165) is 5.56 Å². The third-order valence-corrected chi connectivity index (χ3v) is 4.99. The number of thiazole rings is 1. The molecule has 0 aliphatic rings. The number of nitrogens with one attached hydrogen (secondary N) is 2. The number of carbonyl (C=O) groups is 2. The average Bonchev–Trinajstić information content (AvgIpc) is 3.27. The number of methoxy groups -OCH3 is 2. The first-order valence-electron chi connectivity index (χ1n) is 8.97. The van der Waals surface area contributed by atoms with Crippen LogP contribution in [0.4, 0.5) is 5.69 Å². The van der Waals surface area contributed by atoms with E-state index in [2.05, 4.69) is 15.6 Å². The number of likely N-dealkylation sites (N-methyl/N-ethyl adjacent to an activating group) is 1. The second-order valence-corrected chi connectivity index (χ2v) is 6.88. The summed E-state index contributed by atoms with van der Waals surface area (Å²) >= 11 is 1.33. The van der Waals surface area contributed by atoms with Gasteiger partial charge in [0.2, 0.25) is 0 Å². The maximum atomic E-state index is 12.6. The summed E-state index contributed by atoms with van der Waals surface area (Å²) in [5.74, 6) is 1.01. The molecule has 8 nitrogen and oxygen atoms in total. The van der Waals surface area contributed by atoms with E-state index < -0.39 is 0 Å². The summed E-state index contributed by atoms with van der Waals surface area (Å²) in [6.45, 7) is -0.105. The highest BCUT2D eigenvalue weighted by molar-refractivity contribution is 7.13. The summed E-state index contributed by atoms with van der Waals surface area (Å²) in [5.41, 5.74) is 1.55. The van der Waals surface area contributed by atoms with Gasteiger partial charge in [-0.05, 0) is 24.3 Å². The SMILES string of the molecule is CNC(=O)COc1cccc(NC(=O)c2csc(-c3cccc(OC)c3OC)n2)c1. The Labute approximate surface area is 177 Å². The molecule has 0 radical (unpaired) electrons. The van der Waals surface area contributed by atoms with Crippen LogP contribution in [0.1, 0.15) is 10.5 Å². The predicted octanol–water partition coefficient (Wildman–Crippen LogP) is 3.20. The summed E-state index contributed by atoms with van der Waals surface area (Å²) in [4.78, 5) is 28.4. The molecule has 0 saturated carbocycles. The Morgan fingerprint density at radius 3 is 2.63 bits per heavy atom. The predicted molar refractivity (Wildman–Crippen MR) is 115 cm³/mol. The molecule has 0 saturated heterocycles. The van der Waals surface area contributed by atoms with Crippen molar-refractivity contribution in [1.29, 1.82) is 0 Å². The Morgan fingerprint density at radius 2 is 1.90 bits per heavy atom. The second-order valence-electron chi connectivity index (χ2n) is 6.02. The van der Waals surface area contributed by atoms with E-state index in [1.807, 2.05) is 12.1 Å². The third-order valence-electron chi connectivity index (χ3n) is 4.11. The molecule has 0 aliphatic heterocycles. The molecular weight excluding hydrogens is 406 g/mol. The van der Waals surface area contributed by atoms with Crippen LogP contribution in [0.3, 0.4) is 0 Å². The van der Waals surface area contributed by atoms with Crippen LogP contribution < -0.4 is 24.8 Å². The standard InChI is InChI=1S/C21H21N3O5S/c1-22-18(25)11-29-14-7-4-6-13(10-14)23-20(26)16-12-30-21(24-16)15-8-5-9-17(27-2)19(15)28-3/h4-10,12H,11H2,1-3H3,(H,22,25)(H,23,26). The van der Waals surface area contributed by atoms with E-state index in [-0.39, 0.29) is 24.1 Å². The first kappa shape index (κ1) is 21.1. The summed E-state index contributed by atoms with van der Waals surface area (Å²) < 4.78 is 16.2. The fraction of sp³-hybridized carbons (Fsp3) is 0.190. The van der Waals surface area contributed by atoms with Crippen LogP contribution in [0.15, 0.2) is 47.8 Å². The van der Waals surface area contributed by atoms with Crippen LogP contribution in [0.2, 0.25) is 0 Å². The van der Waals surface area contributed by atoms with Crippen molar-refractivity contribution in [3.05, 3.63) is 53.5 Å². The Kier molecular flexibility index (Phi) is 6.87. The van der Waals surface area contributed by atoms with Crippen molar-refractivity contribution < 1.29 is 23.8 Å². The maximum Gasteiger partial charge on any atom is 0.275 e. The van der Waals surface area contributed by atoms with Gasteiger partial charge in [0.25, 0.3) is 11.8 Å². The second kappa shape index (κ2) is 9.75. The summed E-state index contributed by atoms with van der Waals surface area (Å²) in [6.07, 6.45) is 0. The lowest BCUT2D eigenvalue weighted by Crippen LogP contribution is -2.24. The van der Waals surface area contributed by atoms with Gasteiger partial charge in [-0.25, -0.2) is 4.98 Å². The van der Waals surface area contributed by atoms with Crippen LogP contribution in [0.25, 0.3) is 10.6 Å². The van der Waals surface area contributed by atoms with E-state index >= 15 is 0 Å². The molecule has 9 heteroatoms. The number of ether oxygens (including phenoxy) is 3. The molecule has 0 aliphatic carbocycles. The zero-order valence-corrected chi connectivity index (χ0v) is 17.5. The number of nitrogens with zero attached hydrogens (tertiary/aromatic N) is 1. The molecule has 0 atom stereocenters. The summed E-state index contributed by atoms with van der Waals surface area (Å²) in [5, 5.41) is 7.58. The van der Waals surface area contributed by atoms with Crippen molar-refractivity contribution in [1.82, 2.24) is 10.3 Å². The van der Waals surface area contributed by atoms with E-state index in [1.165, 1.54) is 18.4 Å². The highest BCUT2D eigenvalue weighted by Gasteiger charge is 2.17. The molecule has 0 spiro atoms. The van der Waals surface area contributed by atoms with Crippen molar-refractivity contribution in [2.24, 2.45) is 0 Å². The Bertz CT molecular complexity index is 1050. The van der Waals surface area contributed by atoms with E-state index in [0.29, 0.717) is 27.9 Å². The molecule has 2 aromatic carbocycles. The van der Waals surface area contributed by atoms with Crippen molar-refractivity contribution in [3.8, 4) is 27.8 Å². The minimum atomic E-state index is -0.359. The molecule has 2 N–H and O–H groups in total. The van der Waals surface area contributed by atoms with Crippen molar-refractivity contribution in [2.45, 2.75) is 0 Å². The van der Waals surface area contributed by atoms with Gasteiger partial charge in [-0.3, -0.25) is 9.59 Å². The van der Waals surface area contributed by atoms with Gasteiger partial charge in [-0.2, -0.15) is 0 Å². The van der Waals surface area contributed by atoms with Gasteiger partial charge in [0.15, 0.2) is 18.1 Å². The number of carbonyl (C=O) groups excluding carboxylic acids is 2. The molecule has 30 heavy (non-hydrogen) atoms. The zero-order chi connectivity index (χ0) is 21.5. The van der Waals surface area contributed by atoms with Crippen LogP contribution in [-0.2, 0) is 4.79 Å². The number of hydrogen-bond donors (Lipinski definition) is 2. The molecule has 0 bridgehead atoms. The molecule has 3 aromatic rings. The minimum absolute atomic E-state index is 0.105. The molecule has 156 valence electrons. The lowest BCUT2D eigenvalue weighted by molar-refractivity contribution is -0.122. The summed E-state index contributed by atoms with van der Waals surface area (Å²) in [7, 11) is 4.65. The number of benzene rings is 2. The van der Waals surface area contributed by atoms with Crippen LogP contribution in [0, 0.1) is 0 Å². The summed E-state index contributed by atoms with van der Waals surface area (Å²) in [6, 6.07) is 12.3. The number of hydrogen-bond acceptors (Lipinski definition) is 7. The lowest BCUT2D eigenvalue weighted by Gasteiger charge is -2.10. The quantitative estimate of drug-likeness (QED) is 0.573. The lowest BCUT2D eigenvalue weighted by atomic mass is 10.2. The first-order chi connectivity index (χ1) is 14.5. The molecule has 1 aromatic heterocycles. The fourth-order valence-electron chi connectivity index (χ4n) is 2.64. The number of para-hydroxylation sites is 1. The van der Waals surface area contributed by atoms with E-state index in [4.69, 9.17) is 14.2 Å². The van der Waals surface area contributed by atoms with Gasteiger partial charge < -0.3 is 24.8 Å². The topological polar surface area (TPSA) is 98.8 Å². The molecule has 1 heterocycles. The van der Waals surface area contributed by atoms with Crippen LogP contribution in [0.5, 0.6) is 17.2 Å². The van der Waals surface area contributed by atoms with Crippen molar-refractivity contribution in [3.63, 3.8) is 0 Å². The molecule has 3 rings (SSSR count). The highest BCUT2D eigenvalue weighted by Crippen LogP contribution is 2.39. The maximum absolute atomic E-state index is 12.6. The Hall–Kier alpha value is -3.59. The van der Waals surface area contributed by atoms with E-state index in [1.54, 1.807) is 49.9 Å². The highest BCUT2D eigenvalue weighted by atomic mass is 32.1. The normalized spacial score (nSPS) is 10.2. The Morgan fingerprint density at radius 1 is 1.10 bits per heavy atom. The van der Waals surface area contributed by atoms with Gasteiger partial charge in [-0.1, -0.05) is 12.1 Å². The van der Waals surface area contributed by atoms with Gasteiger partial charge >= 0.3 is 0 Å². The van der Waals surface area contributed by atoms with Gasteiger partial charge in [-0.15, -0.1) is 11.3 Å². The first-order valence-corrected chi connectivity index (χ1v) is 9.85. The van der Waals surface area contributed by atoms with Crippen molar-refractivity contribution in [2.75, 3.05) is 33.2 Å². The van der Waals surface area contributed by atoms with Gasteiger partial charge in [0.1, 0.15) is 16.5 Å². The average molecular weight is 427 g/mol. The largest absolute Gasteiger partial charge is 0.493 e. The van der Waals surface area contributed by atoms with Gasteiger partial charge in [0.05, 0.1) is 19.8 Å². The minimum Gasteiger partial charge on any atom is -0.493 e. The number of amides is 2. The number of rotatable bonds is 8. The number of aromatic nitrogens is 1. The van der Waals surface area contributed by atoms with Gasteiger partial charge in [0, 0.05) is 24.2 Å². The monoisotopic (exact) mass is 427 g/mol. The molecule has 0 unspecified atom stereocenters. The molecule has 2 amide bonds. The van der Waals surface area contributed by atoms with Crippen LogP contribution >= 0.6 is 11.3 Å². The smallest absolute Gasteiger partial charge is 0.275 e. The third kappa shape index (κ3) is 4.87. The Balaban J connectivity index is 1.74. The van der Waals surface area contributed by atoms with Crippen molar-refractivity contribution >= 4 is 28.8 Å². The fourth-order valence-corrected chi connectivity index (χ4v) is 3.46. The molecule has 0 fully saturated rings.